The Hall–Kier alpha value is -2.67. The number of benzene rings is 1. The van der Waals surface area contributed by atoms with Gasteiger partial charge < -0.3 is 4.98 Å². The predicted octanol–water partition coefficient (Wildman–Crippen LogP) is 1.90. The van der Waals surface area contributed by atoms with E-state index in [0.29, 0.717) is 5.16 Å². The SMILES string of the molecule is CSc1nc2nc(/C=C/c3ccccc3)c(=O)[nH]c2c(=O)[nH]1. The first-order valence-corrected chi connectivity index (χ1v) is 7.71. The summed E-state index contributed by atoms with van der Waals surface area (Å²) in [7, 11) is 0. The molecule has 2 N–H and O–H groups in total. The van der Waals surface area contributed by atoms with E-state index < -0.39 is 11.1 Å². The number of nitrogens with zero attached hydrogens (tertiary/aromatic N) is 2. The quantitative estimate of drug-likeness (QED) is 0.569. The molecule has 0 unspecified atom stereocenters. The third-order valence-corrected chi connectivity index (χ3v) is 3.58. The Bertz CT molecular complexity index is 961. The van der Waals surface area contributed by atoms with Crippen molar-refractivity contribution in [1.29, 1.82) is 0 Å². The van der Waals surface area contributed by atoms with Crippen molar-refractivity contribution >= 4 is 35.1 Å². The average molecular weight is 312 g/mol. The molecular formula is C15H12N4O2S. The monoisotopic (exact) mass is 312 g/mol. The van der Waals surface area contributed by atoms with E-state index in [2.05, 4.69) is 19.9 Å². The lowest BCUT2D eigenvalue weighted by Gasteiger charge is -2.00. The van der Waals surface area contributed by atoms with Gasteiger partial charge in [0, 0.05) is 0 Å². The van der Waals surface area contributed by atoms with E-state index in [4.69, 9.17) is 0 Å². The zero-order chi connectivity index (χ0) is 15.5. The van der Waals surface area contributed by atoms with Crippen molar-refractivity contribution in [1.82, 2.24) is 19.9 Å². The minimum absolute atomic E-state index is 0.0830. The third kappa shape index (κ3) is 2.84. The number of thioether (sulfide) groups is 1. The van der Waals surface area contributed by atoms with Crippen LogP contribution in [0.25, 0.3) is 23.3 Å². The Morgan fingerprint density at radius 1 is 1.00 bits per heavy atom. The summed E-state index contributed by atoms with van der Waals surface area (Å²) in [5, 5.41) is 0.454. The molecule has 0 amide bonds. The molecule has 0 bridgehead atoms. The van der Waals surface area contributed by atoms with Crippen molar-refractivity contribution in [3.8, 4) is 0 Å². The van der Waals surface area contributed by atoms with Gasteiger partial charge in [-0.3, -0.25) is 14.6 Å². The van der Waals surface area contributed by atoms with Crippen LogP contribution < -0.4 is 11.1 Å². The van der Waals surface area contributed by atoms with Gasteiger partial charge in [-0.05, 0) is 17.9 Å². The third-order valence-electron chi connectivity index (χ3n) is 3.00. The van der Waals surface area contributed by atoms with E-state index in [1.54, 1.807) is 18.4 Å². The minimum atomic E-state index is -0.427. The molecular weight excluding hydrogens is 300 g/mol. The second-order valence-corrected chi connectivity index (χ2v) is 5.26. The number of rotatable bonds is 3. The highest BCUT2D eigenvalue weighted by molar-refractivity contribution is 7.98. The number of hydrogen-bond donors (Lipinski definition) is 2. The predicted molar refractivity (Wildman–Crippen MR) is 87.9 cm³/mol. The lowest BCUT2D eigenvalue weighted by molar-refractivity contribution is 0.947. The number of fused-ring (bicyclic) bond motifs is 1. The van der Waals surface area contributed by atoms with Crippen LogP contribution in [0.15, 0.2) is 45.1 Å². The van der Waals surface area contributed by atoms with E-state index in [9.17, 15) is 9.59 Å². The van der Waals surface area contributed by atoms with Crippen LogP contribution >= 0.6 is 11.8 Å². The molecule has 22 heavy (non-hydrogen) atoms. The lowest BCUT2D eigenvalue weighted by Crippen LogP contribution is -2.19. The molecule has 3 aromatic rings. The number of nitrogens with one attached hydrogen (secondary N) is 2. The zero-order valence-corrected chi connectivity index (χ0v) is 12.5. The molecule has 0 saturated heterocycles. The fourth-order valence-corrected chi connectivity index (χ4v) is 2.30. The first-order chi connectivity index (χ1) is 10.7. The molecule has 1 aromatic carbocycles. The topological polar surface area (TPSA) is 91.5 Å². The molecule has 2 heterocycles. The van der Waals surface area contributed by atoms with Gasteiger partial charge in [0.15, 0.2) is 16.3 Å². The Labute approximate surface area is 129 Å². The van der Waals surface area contributed by atoms with E-state index >= 15 is 0 Å². The second-order valence-electron chi connectivity index (χ2n) is 4.47. The maximum atomic E-state index is 12.0. The van der Waals surface area contributed by atoms with Gasteiger partial charge in [-0.25, -0.2) is 9.97 Å². The van der Waals surface area contributed by atoms with Crippen molar-refractivity contribution < 1.29 is 0 Å². The molecule has 0 fully saturated rings. The Morgan fingerprint density at radius 3 is 2.50 bits per heavy atom. The smallest absolute Gasteiger partial charge is 0.277 e. The van der Waals surface area contributed by atoms with Gasteiger partial charge in [-0.15, -0.1) is 0 Å². The average Bonchev–Trinajstić information content (AvgIpc) is 2.54. The van der Waals surface area contributed by atoms with E-state index in [1.165, 1.54) is 11.8 Å². The molecule has 7 heteroatoms. The van der Waals surface area contributed by atoms with Crippen LogP contribution in [0, 0.1) is 0 Å². The number of aromatic nitrogens is 4. The maximum absolute atomic E-state index is 12.0. The largest absolute Gasteiger partial charge is 0.313 e. The van der Waals surface area contributed by atoms with Gasteiger partial charge in [-0.2, -0.15) is 0 Å². The number of H-pyrrole nitrogens is 2. The summed E-state index contributed by atoms with van der Waals surface area (Å²) in [6.45, 7) is 0. The highest BCUT2D eigenvalue weighted by Gasteiger charge is 2.08. The molecule has 2 aromatic heterocycles. The van der Waals surface area contributed by atoms with Gasteiger partial charge in [0.05, 0.1) is 0 Å². The normalized spacial score (nSPS) is 11.3. The lowest BCUT2D eigenvalue weighted by atomic mass is 10.2. The van der Waals surface area contributed by atoms with Crippen molar-refractivity contribution in [2.45, 2.75) is 5.16 Å². The van der Waals surface area contributed by atoms with Crippen LogP contribution in [-0.4, -0.2) is 26.2 Å². The van der Waals surface area contributed by atoms with Gasteiger partial charge in [0.2, 0.25) is 0 Å². The summed E-state index contributed by atoms with van der Waals surface area (Å²) in [5.41, 5.74) is 0.635. The minimum Gasteiger partial charge on any atom is -0.313 e. The summed E-state index contributed by atoms with van der Waals surface area (Å²) in [6.07, 6.45) is 5.19. The number of hydrogen-bond acceptors (Lipinski definition) is 5. The Kier molecular flexibility index (Phi) is 3.88. The van der Waals surface area contributed by atoms with Crippen LogP contribution in [0.1, 0.15) is 11.3 Å². The Morgan fingerprint density at radius 2 is 1.77 bits per heavy atom. The summed E-state index contributed by atoms with van der Waals surface area (Å²) < 4.78 is 0. The fraction of sp³-hybridized carbons (Fsp3) is 0.0667. The van der Waals surface area contributed by atoms with Gasteiger partial charge in [-0.1, -0.05) is 48.2 Å². The zero-order valence-electron chi connectivity index (χ0n) is 11.7. The molecule has 0 aliphatic carbocycles. The second kappa shape index (κ2) is 5.98. The van der Waals surface area contributed by atoms with Gasteiger partial charge in [0.25, 0.3) is 11.1 Å². The molecule has 6 nitrogen and oxygen atoms in total. The Balaban J connectivity index is 2.11. The summed E-state index contributed by atoms with van der Waals surface area (Å²) >= 11 is 1.30. The van der Waals surface area contributed by atoms with Crippen LogP contribution in [0.2, 0.25) is 0 Å². The van der Waals surface area contributed by atoms with Crippen LogP contribution in [-0.2, 0) is 0 Å². The van der Waals surface area contributed by atoms with Crippen LogP contribution in [0.5, 0.6) is 0 Å². The van der Waals surface area contributed by atoms with Crippen molar-refractivity contribution in [2.24, 2.45) is 0 Å². The summed E-state index contributed by atoms with van der Waals surface area (Å²) in [5.74, 6) is 0. The molecule has 3 rings (SSSR count). The highest BCUT2D eigenvalue weighted by atomic mass is 32.2. The van der Waals surface area contributed by atoms with Crippen molar-refractivity contribution in [3.05, 3.63) is 62.3 Å². The van der Waals surface area contributed by atoms with Gasteiger partial charge in [0.1, 0.15) is 5.69 Å². The highest BCUT2D eigenvalue weighted by Crippen LogP contribution is 2.09. The standard InChI is InChI=1S/C15H12N4O2S/c1-22-15-18-12-11(14(21)19-15)17-13(20)10(16-12)8-7-9-5-3-2-4-6-9/h2-8H,1H3,(H,17,20)(H,16,18,19,21)/b8-7+. The molecule has 110 valence electrons. The summed E-state index contributed by atoms with van der Waals surface area (Å²) in [4.78, 5) is 37.4. The van der Waals surface area contributed by atoms with E-state index in [1.807, 2.05) is 30.3 Å². The number of aromatic amines is 2. The van der Waals surface area contributed by atoms with Gasteiger partial charge >= 0.3 is 0 Å². The van der Waals surface area contributed by atoms with Crippen molar-refractivity contribution in [3.63, 3.8) is 0 Å². The van der Waals surface area contributed by atoms with Crippen LogP contribution in [0.4, 0.5) is 0 Å². The molecule has 0 spiro atoms. The first kappa shape index (κ1) is 14.3. The molecule has 0 aliphatic rings. The van der Waals surface area contributed by atoms with E-state index in [-0.39, 0.29) is 16.9 Å². The maximum Gasteiger partial charge on any atom is 0.277 e. The van der Waals surface area contributed by atoms with Crippen molar-refractivity contribution in [2.75, 3.05) is 6.26 Å². The molecule has 0 radical (unpaired) electrons. The molecule has 0 saturated carbocycles. The van der Waals surface area contributed by atoms with Crippen LogP contribution in [0.3, 0.4) is 0 Å². The fourth-order valence-electron chi connectivity index (χ4n) is 1.93. The molecule has 0 aliphatic heterocycles. The first-order valence-electron chi connectivity index (χ1n) is 6.49. The molecule has 0 atom stereocenters. The van der Waals surface area contributed by atoms with E-state index in [0.717, 1.165) is 5.56 Å². The summed E-state index contributed by atoms with van der Waals surface area (Å²) in [6, 6.07) is 9.56.